The Morgan fingerprint density at radius 3 is 1.89 bits per heavy atom. The first-order chi connectivity index (χ1) is 12.9. The number of hydrogen-bond acceptors (Lipinski definition) is 2. The molecule has 4 rings (SSSR count). The van der Waals surface area contributed by atoms with Gasteiger partial charge in [-0.25, -0.2) is 0 Å². The molecule has 1 unspecified atom stereocenters. The van der Waals surface area contributed by atoms with Crippen molar-refractivity contribution < 1.29 is 0 Å². The van der Waals surface area contributed by atoms with E-state index >= 15 is 0 Å². The van der Waals surface area contributed by atoms with Crippen LogP contribution < -0.4 is 0 Å². The van der Waals surface area contributed by atoms with Gasteiger partial charge in [-0.05, 0) is 30.4 Å². The molecule has 0 spiro atoms. The number of hydrogen-bond donors (Lipinski definition) is 0. The third kappa shape index (κ3) is 5.97. The van der Waals surface area contributed by atoms with E-state index in [0.29, 0.717) is 6.04 Å². The van der Waals surface area contributed by atoms with E-state index in [1.165, 1.54) is 69.4 Å². The van der Waals surface area contributed by atoms with Gasteiger partial charge in [-0.1, -0.05) is 79.9 Å². The van der Waals surface area contributed by atoms with E-state index in [2.05, 4.69) is 70.5 Å². The number of halogens is 2. The van der Waals surface area contributed by atoms with Gasteiger partial charge in [-0.2, -0.15) is 0 Å². The Balaban J connectivity index is 0.00000140. The van der Waals surface area contributed by atoms with Gasteiger partial charge in [0.1, 0.15) is 0 Å². The summed E-state index contributed by atoms with van der Waals surface area (Å²) in [5, 5.41) is 0. The average Bonchev–Trinajstić information content (AvgIpc) is 2.74. The van der Waals surface area contributed by atoms with Gasteiger partial charge in [0.25, 0.3) is 0 Å². The van der Waals surface area contributed by atoms with Gasteiger partial charge in [0.05, 0.1) is 0 Å². The molecule has 28 heavy (non-hydrogen) atoms. The lowest BCUT2D eigenvalue weighted by atomic mass is 9.93. The minimum atomic E-state index is 0. The largest absolute Gasteiger partial charge is 0.298 e. The summed E-state index contributed by atoms with van der Waals surface area (Å²) in [4.78, 5) is 5.50. The van der Waals surface area contributed by atoms with Crippen molar-refractivity contribution in [2.75, 3.05) is 26.2 Å². The fourth-order valence-electron chi connectivity index (χ4n) is 4.83. The van der Waals surface area contributed by atoms with Crippen molar-refractivity contribution in [2.24, 2.45) is 0 Å². The fourth-order valence-corrected chi connectivity index (χ4v) is 4.83. The normalized spacial score (nSPS) is 20.0. The minimum Gasteiger partial charge on any atom is -0.298 e. The molecule has 0 radical (unpaired) electrons. The molecular formula is C24H34Cl2N2. The van der Waals surface area contributed by atoms with Crippen molar-refractivity contribution in [2.45, 2.75) is 50.6 Å². The topological polar surface area (TPSA) is 6.48 Å². The van der Waals surface area contributed by atoms with Crippen LogP contribution in [0.4, 0.5) is 0 Å². The number of piperazine rings is 1. The molecule has 1 heterocycles. The van der Waals surface area contributed by atoms with Crippen LogP contribution in [-0.4, -0.2) is 42.0 Å². The fraction of sp³-hybridized carbons (Fsp3) is 0.500. The SMILES string of the molecule is Cl.Cl.c1ccc(CC(c2ccccc2)N2CCN(C3CCCCC3)CC2)cc1. The first-order valence-electron chi connectivity index (χ1n) is 10.5. The second-order valence-corrected chi connectivity index (χ2v) is 7.98. The van der Waals surface area contributed by atoms with Crippen LogP contribution in [-0.2, 0) is 6.42 Å². The molecule has 2 aromatic carbocycles. The predicted octanol–water partition coefficient (Wildman–Crippen LogP) is 5.76. The molecule has 2 fully saturated rings. The van der Waals surface area contributed by atoms with Crippen LogP contribution in [0.3, 0.4) is 0 Å². The van der Waals surface area contributed by atoms with Crippen LogP contribution in [0, 0.1) is 0 Å². The second-order valence-electron chi connectivity index (χ2n) is 7.98. The second kappa shape index (κ2) is 11.8. The maximum atomic E-state index is 2.78. The van der Waals surface area contributed by atoms with Gasteiger partial charge in [-0.3, -0.25) is 9.80 Å². The van der Waals surface area contributed by atoms with Gasteiger partial charge < -0.3 is 0 Å². The van der Waals surface area contributed by atoms with Gasteiger partial charge in [0, 0.05) is 38.3 Å². The van der Waals surface area contributed by atoms with Crippen molar-refractivity contribution in [3.63, 3.8) is 0 Å². The predicted molar refractivity (Wildman–Crippen MR) is 124 cm³/mol. The molecule has 1 saturated carbocycles. The molecule has 0 N–H and O–H groups in total. The van der Waals surface area contributed by atoms with Crippen molar-refractivity contribution >= 4 is 24.8 Å². The van der Waals surface area contributed by atoms with E-state index in [9.17, 15) is 0 Å². The quantitative estimate of drug-likeness (QED) is 0.605. The van der Waals surface area contributed by atoms with E-state index in [1.54, 1.807) is 0 Å². The number of benzene rings is 2. The Morgan fingerprint density at radius 1 is 0.714 bits per heavy atom. The van der Waals surface area contributed by atoms with Crippen LogP contribution in [0.5, 0.6) is 0 Å². The van der Waals surface area contributed by atoms with Gasteiger partial charge in [-0.15, -0.1) is 24.8 Å². The Morgan fingerprint density at radius 2 is 1.29 bits per heavy atom. The molecule has 154 valence electrons. The third-order valence-corrected chi connectivity index (χ3v) is 6.34. The highest BCUT2D eigenvalue weighted by Crippen LogP contribution is 2.29. The highest BCUT2D eigenvalue weighted by molar-refractivity contribution is 5.85. The monoisotopic (exact) mass is 420 g/mol. The van der Waals surface area contributed by atoms with Gasteiger partial charge >= 0.3 is 0 Å². The molecule has 2 aliphatic rings. The smallest absolute Gasteiger partial charge is 0.0389 e. The summed E-state index contributed by atoms with van der Waals surface area (Å²) in [5.41, 5.74) is 2.90. The van der Waals surface area contributed by atoms with Crippen molar-refractivity contribution in [1.82, 2.24) is 9.80 Å². The molecule has 1 saturated heterocycles. The van der Waals surface area contributed by atoms with Crippen LogP contribution in [0.1, 0.15) is 49.3 Å². The first kappa shape index (κ1) is 23.2. The first-order valence-corrected chi connectivity index (χ1v) is 10.5. The number of nitrogens with zero attached hydrogens (tertiary/aromatic N) is 2. The van der Waals surface area contributed by atoms with Crippen LogP contribution in [0.25, 0.3) is 0 Å². The van der Waals surface area contributed by atoms with Crippen LogP contribution in [0.15, 0.2) is 60.7 Å². The maximum absolute atomic E-state index is 2.78. The van der Waals surface area contributed by atoms with E-state index in [1.807, 2.05) is 0 Å². The molecule has 2 aromatic rings. The van der Waals surface area contributed by atoms with Gasteiger partial charge in [0.15, 0.2) is 0 Å². The number of rotatable bonds is 5. The molecule has 0 bridgehead atoms. The summed E-state index contributed by atoms with van der Waals surface area (Å²) in [6, 6.07) is 23.5. The summed E-state index contributed by atoms with van der Waals surface area (Å²) in [6.45, 7) is 4.87. The van der Waals surface area contributed by atoms with Crippen molar-refractivity contribution in [3.8, 4) is 0 Å². The molecule has 1 aliphatic carbocycles. The lowest BCUT2D eigenvalue weighted by Crippen LogP contribution is -2.51. The Labute approximate surface area is 183 Å². The summed E-state index contributed by atoms with van der Waals surface area (Å²) in [5.74, 6) is 0. The van der Waals surface area contributed by atoms with Crippen LogP contribution in [0.2, 0.25) is 0 Å². The Bertz CT molecular complexity index is 651. The summed E-state index contributed by atoms with van der Waals surface area (Å²) in [7, 11) is 0. The van der Waals surface area contributed by atoms with E-state index in [4.69, 9.17) is 0 Å². The van der Waals surface area contributed by atoms with Crippen molar-refractivity contribution in [1.29, 1.82) is 0 Å². The lowest BCUT2D eigenvalue weighted by molar-refractivity contribution is 0.0559. The standard InChI is InChI=1S/C24H32N2.2ClH/c1-4-10-21(11-5-1)20-24(22-12-6-2-7-13-22)26-18-16-25(17-19-26)23-14-8-3-9-15-23;;/h1-2,4-7,10-13,23-24H,3,8-9,14-20H2;2*1H. The Kier molecular flexibility index (Phi) is 9.81. The highest BCUT2D eigenvalue weighted by atomic mass is 35.5. The van der Waals surface area contributed by atoms with E-state index < -0.39 is 0 Å². The zero-order chi connectivity index (χ0) is 17.6. The van der Waals surface area contributed by atoms with E-state index in [0.717, 1.165) is 12.5 Å². The highest BCUT2D eigenvalue weighted by Gasteiger charge is 2.29. The zero-order valence-electron chi connectivity index (χ0n) is 16.7. The molecule has 1 aliphatic heterocycles. The molecule has 1 atom stereocenters. The van der Waals surface area contributed by atoms with Gasteiger partial charge in [0.2, 0.25) is 0 Å². The Hall–Kier alpha value is -1.06. The third-order valence-electron chi connectivity index (χ3n) is 6.34. The van der Waals surface area contributed by atoms with Crippen LogP contribution >= 0.6 is 24.8 Å². The lowest BCUT2D eigenvalue weighted by Gasteiger charge is -2.43. The average molecular weight is 421 g/mol. The summed E-state index contributed by atoms with van der Waals surface area (Å²) in [6.07, 6.45) is 8.27. The zero-order valence-corrected chi connectivity index (χ0v) is 18.3. The maximum Gasteiger partial charge on any atom is 0.0389 e. The van der Waals surface area contributed by atoms with E-state index in [-0.39, 0.29) is 24.8 Å². The molecular weight excluding hydrogens is 387 g/mol. The summed E-state index contributed by atoms with van der Waals surface area (Å²) < 4.78 is 0. The van der Waals surface area contributed by atoms with Crippen molar-refractivity contribution in [3.05, 3.63) is 71.8 Å². The molecule has 0 amide bonds. The summed E-state index contributed by atoms with van der Waals surface area (Å²) >= 11 is 0. The molecule has 0 aromatic heterocycles. The minimum absolute atomic E-state index is 0. The molecule has 4 heteroatoms. The molecule has 2 nitrogen and oxygen atoms in total.